The van der Waals surface area contributed by atoms with Crippen molar-refractivity contribution in [3.8, 4) is 0 Å². The van der Waals surface area contributed by atoms with Crippen LogP contribution in [0.3, 0.4) is 0 Å². The summed E-state index contributed by atoms with van der Waals surface area (Å²) >= 11 is 3.76. The molecule has 2 rings (SSSR count). The number of hydrogen-bond donors (Lipinski definition) is 1. The van der Waals surface area contributed by atoms with Crippen molar-refractivity contribution in [2.45, 2.75) is 58.5 Å². The lowest BCUT2D eigenvalue weighted by Gasteiger charge is -2.30. The fraction of sp³-hybridized carbons (Fsp3) is 0.647. The molecular weight excluding hydrogens is 312 g/mol. The fourth-order valence-electron chi connectivity index (χ4n) is 2.52. The van der Waals surface area contributed by atoms with Crippen LogP contribution in [0, 0.1) is 5.92 Å². The maximum atomic E-state index is 6.05. The summed E-state index contributed by atoms with van der Waals surface area (Å²) in [7, 11) is 0. The van der Waals surface area contributed by atoms with E-state index < -0.39 is 0 Å². The van der Waals surface area contributed by atoms with Crippen LogP contribution in [0.2, 0.25) is 0 Å². The molecule has 1 aliphatic rings. The normalized spacial score (nSPS) is 16.5. The zero-order valence-corrected chi connectivity index (χ0v) is 14.5. The molecule has 20 heavy (non-hydrogen) atoms. The van der Waals surface area contributed by atoms with Crippen LogP contribution in [0.4, 0.5) is 5.69 Å². The van der Waals surface area contributed by atoms with Crippen LogP contribution in [-0.2, 0) is 6.42 Å². The molecule has 0 spiro atoms. The van der Waals surface area contributed by atoms with Crippen LogP contribution < -0.4 is 10.6 Å². The molecule has 0 aliphatic heterocycles. The first kappa shape index (κ1) is 15.8. The lowest BCUT2D eigenvalue weighted by Crippen LogP contribution is -2.33. The highest BCUT2D eigenvalue weighted by molar-refractivity contribution is 9.10. The molecule has 0 bridgehead atoms. The minimum absolute atomic E-state index is 0.264. The molecule has 1 aliphatic carbocycles. The first-order valence-corrected chi connectivity index (χ1v) is 8.61. The van der Waals surface area contributed by atoms with Gasteiger partial charge in [0, 0.05) is 23.1 Å². The Hall–Kier alpha value is -0.540. The highest BCUT2D eigenvalue weighted by atomic mass is 79.9. The predicted octanol–water partition coefficient (Wildman–Crippen LogP) is 4.35. The predicted molar refractivity (Wildman–Crippen MR) is 91.3 cm³/mol. The Bertz CT molecular complexity index is 441. The monoisotopic (exact) mass is 338 g/mol. The van der Waals surface area contributed by atoms with Gasteiger partial charge in [-0.05, 0) is 79.1 Å². The SMILES string of the molecule is CCC(N)Cc1ccc(N(CC2CC2)C(C)C)c(Br)c1. The molecule has 0 radical (unpaired) electrons. The Balaban J connectivity index is 2.13. The van der Waals surface area contributed by atoms with E-state index in [-0.39, 0.29) is 6.04 Å². The van der Waals surface area contributed by atoms with E-state index in [0.29, 0.717) is 6.04 Å². The quantitative estimate of drug-likeness (QED) is 0.800. The van der Waals surface area contributed by atoms with Gasteiger partial charge in [0.2, 0.25) is 0 Å². The topological polar surface area (TPSA) is 29.3 Å². The summed E-state index contributed by atoms with van der Waals surface area (Å²) in [6.07, 6.45) is 4.77. The average Bonchev–Trinajstić information content (AvgIpc) is 3.20. The van der Waals surface area contributed by atoms with E-state index in [1.54, 1.807) is 0 Å². The van der Waals surface area contributed by atoms with E-state index in [1.807, 2.05) is 0 Å². The van der Waals surface area contributed by atoms with Crippen LogP contribution >= 0.6 is 15.9 Å². The molecular formula is C17H27BrN2. The van der Waals surface area contributed by atoms with Crippen molar-refractivity contribution in [3.63, 3.8) is 0 Å². The van der Waals surface area contributed by atoms with Gasteiger partial charge in [0.15, 0.2) is 0 Å². The summed E-state index contributed by atoms with van der Waals surface area (Å²) in [5, 5.41) is 0. The molecule has 2 N–H and O–H groups in total. The van der Waals surface area contributed by atoms with Crippen molar-refractivity contribution in [2.75, 3.05) is 11.4 Å². The van der Waals surface area contributed by atoms with Gasteiger partial charge in [-0.2, -0.15) is 0 Å². The highest BCUT2D eigenvalue weighted by Crippen LogP contribution is 2.35. The summed E-state index contributed by atoms with van der Waals surface area (Å²) in [5.74, 6) is 0.900. The molecule has 1 saturated carbocycles. The van der Waals surface area contributed by atoms with Gasteiger partial charge in [0.1, 0.15) is 0 Å². The summed E-state index contributed by atoms with van der Waals surface area (Å²) in [4.78, 5) is 2.52. The number of rotatable bonds is 7. The minimum atomic E-state index is 0.264. The number of halogens is 1. The van der Waals surface area contributed by atoms with Crippen LogP contribution in [0.1, 0.15) is 45.6 Å². The Morgan fingerprint density at radius 1 is 1.35 bits per heavy atom. The molecule has 3 heteroatoms. The summed E-state index contributed by atoms with van der Waals surface area (Å²) in [6, 6.07) is 7.53. The maximum Gasteiger partial charge on any atom is 0.0513 e. The van der Waals surface area contributed by atoms with Gasteiger partial charge in [-0.1, -0.05) is 13.0 Å². The second kappa shape index (κ2) is 6.95. The molecule has 1 fully saturated rings. The third-order valence-corrected chi connectivity index (χ3v) is 4.75. The number of benzene rings is 1. The second-order valence-corrected chi connectivity index (χ2v) is 7.20. The Morgan fingerprint density at radius 2 is 2.05 bits per heavy atom. The van der Waals surface area contributed by atoms with Gasteiger partial charge < -0.3 is 10.6 Å². The van der Waals surface area contributed by atoms with Gasteiger partial charge in [-0.25, -0.2) is 0 Å². The number of nitrogens with two attached hydrogens (primary N) is 1. The third kappa shape index (κ3) is 4.23. The van der Waals surface area contributed by atoms with E-state index in [9.17, 15) is 0 Å². The van der Waals surface area contributed by atoms with E-state index >= 15 is 0 Å². The van der Waals surface area contributed by atoms with E-state index in [0.717, 1.165) is 18.8 Å². The molecule has 1 atom stereocenters. The summed E-state index contributed by atoms with van der Waals surface area (Å²) < 4.78 is 1.20. The van der Waals surface area contributed by atoms with E-state index in [2.05, 4.69) is 59.8 Å². The number of nitrogens with zero attached hydrogens (tertiary/aromatic N) is 1. The van der Waals surface area contributed by atoms with Crippen LogP contribution in [-0.4, -0.2) is 18.6 Å². The van der Waals surface area contributed by atoms with Crippen LogP contribution in [0.25, 0.3) is 0 Å². The van der Waals surface area contributed by atoms with Gasteiger partial charge in [-0.15, -0.1) is 0 Å². The van der Waals surface area contributed by atoms with Gasteiger partial charge in [0.25, 0.3) is 0 Å². The van der Waals surface area contributed by atoms with Crippen molar-refractivity contribution < 1.29 is 0 Å². The van der Waals surface area contributed by atoms with Gasteiger partial charge in [0.05, 0.1) is 5.69 Å². The number of hydrogen-bond acceptors (Lipinski definition) is 2. The molecule has 1 aromatic carbocycles. The standard InChI is InChI=1S/C17H27BrN2/c1-4-15(19)9-14-7-8-17(16(18)10-14)20(12(2)3)11-13-5-6-13/h7-8,10,12-13,15H,4-6,9,11,19H2,1-3H3. The molecule has 0 saturated heterocycles. The third-order valence-electron chi connectivity index (χ3n) is 4.12. The second-order valence-electron chi connectivity index (χ2n) is 6.35. The van der Waals surface area contributed by atoms with Crippen molar-refractivity contribution >= 4 is 21.6 Å². The van der Waals surface area contributed by atoms with E-state index in [4.69, 9.17) is 5.73 Å². The van der Waals surface area contributed by atoms with Crippen LogP contribution in [0.5, 0.6) is 0 Å². The Morgan fingerprint density at radius 3 is 2.55 bits per heavy atom. The van der Waals surface area contributed by atoms with Crippen molar-refractivity contribution in [3.05, 3.63) is 28.2 Å². The van der Waals surface area contributed by atoms with Gasteiger partial charge >= 0.3 is 0 Å². The lowest BCUT2D eigenvalue weighted by molar-refractivity contribution is 0.639. The first-order chi connectivity index (χ1) is 9.51. The van der Waals surface area contributed by atoms with E-state index in [1.165, 1.54) is 35.1 Å². The Kier molecular flexibility index (Phi) is 5.50. The minimum Gasteiger partial charge on any atom is -0.368 e. The largest absolute Gasteiger partial charge is 0.368 e. The van der Waals surface area contributed by atoms with Crippen molar-refractivity contribution in [1.82, 2.24) is 0 Å². The zero-order chi connectivity index (χ0) is 14.7. The summed E-state index contributed by atoms with van der Waals surface area (Å²) in [5.41, 5.74) is 8.69. The van der Waals surface area contributed by atoms with Crippen molar-refractivity contribution in [2.24, 2.45) is 11.7 Å². The summed E-state index contributed by atoms with van der Waals surface area (Å²) in [6.45, 7) is 7.87. The molecule has 0 amide bonds. The van der Waals surface area contributed by atoms with Gasteiger partial charge in [-0.3, -0.25) is 0 Å². The smallest absolute Gasteiger partial charge is 0.0513 e. The molecule has 112 valence electrons. The zero-order valence-electron chi connectivity index (χ0n) is 12.9. The van der Waals surface area contributed by atoms with Crippen LogP contribution in [0.15, 0.2) is 22.7 Å². The molecule has 2 nitrogen and oxygen atoms in total. The van der Waals surface area contributed by atoms with Crippen molar-refractivity contribution in [1.29, 1.82) is 0 Å². The highest BCUT2D eigenvalue weighted by Gasteiger charge is 2.26. The first-order valence-electron chi connectivity index (χ1n) is 7.81. The molecule has 0 aromatic heterocycles. The molecule has 1 aromatic rings. The molecule has 0 heterocycles. The lowest BCUT2D eigenvalue weighted by atomic mass is 10.0. The number of anilines is 1. The fourth-order valence-corrected chi connectivity index (χ4v) is 3.18. The molecule has 1 unspecified atom stereocenters. The Labute approximate surface area is 131 Å². The maximum absolute atomic E-state index is 6.05. The average molecular weight is 339 g/mol.